The van der Waals surface area contributed by atoms with E-state index in [0.717, 1.165) is 19.5 Å². The standard InChI is InChI=1S/C18H18F5N3O4/c1-8(2)5-10-11(17(28)30-4)13(15(19)20)25-14(18(21,22)23)12(10)16(27)26-7-9(29-3)6-24-26/h6-8,15H,5H2,1-4H3. The van der Waals surface area contributed by atoms with Crippen LogP contribution in [0.4, 0.5) is 22.0 Å². The molecule has 0 amide bonds. The first-order valence-corrected chi connectivity index (χ1v) is 8.56. The fraction of sp³-hybridized carbons (Fsp3) is 0.444. The lowest BCUT2D eigenvalue weighted by Gasteiger charge is -2.21. The molecule has 0 aliphatic carbocycles. The molecule has 0 saturated heterocycles. The van der Waals surface area contributed by atoms with E-state index in [0.29, 0.717) is 4.68 Å². The summed E-state index contributed by atoms with van der Waals surface area (Å²) in [5.41, 5.74) is -5.68. The summed E-state index contributed by atoms with van der Waals surface area (Å²) in [5, 5.41) is 3.64. The van der Waals surface area contributed by atoms with Crippen LogP contribution in [0.5, 0.6) is 5.75 Å². The highest BCUT2D eigenvalue weighted by molar-refractivity contribution is 6.02. The molecule has 0 aliphatic rings. The van der Waals surface area contributed by atoms with Gasteiger partial charge in [0, 0.05) is 0 Å². The van der Waals surface area contributed by atoms with Crippen LogP contribution < -0.4 is 4.74 Å². The summed E-state index contributed by atoms with van der Waals surface area (Å²) in [6, 6.07) is 0. The number of ether oxygens (including phenoxy) is 2. The smallest absolute Gasteiger partial charge is 0.434 e. The molecule has 7 nitrogen and oxygen atoms in total. The first-order valence-electron chi connectivity index (χ1n) is 8.56. The molecule has 0 aromatic carbocycles. The van der Waals surface area contributed by atoms with E-state index in [1.54, 1.807) is 13.8 Å². The number of halogens is 5. The third-order valence-corrected chi connectivity index (χ3v) is 4.02. The van der Waals surface area contributed by atoms with E-state index < -0.39 is 58.5 Å². The number of carbonyl (C=O) groups excluding carboxylic acids is 2. The first kappa shape index (κ1) is 23.2. The predicted octanol–water partition coefficient (Wildman–Crippen LogP) is 3.92. The van der Waals surface area contributed by atoms with Gasteiger partial charge in [0.25, 0.3) is 12.3 Å². The number of hydrogen-bond acceptors (Lipinski definition) is 6. The number of nitrogens with zero attached hydrogens (tertiary/aromatic N) is 3. The Balaban J connectivity index is 2.97. The number of hydrogen-bond donors (Lipinski definition) is 0. The topological polar surface area (TPSA) is 83.3 Å². The van der Waals surface area contributed by atoms with Crippen molar-refractivity contribution in [3.63, 3.8) is 0 Å². The molecule has 0 unspecified atom stereocenters. The Morgan fingerprint density at radius 2 is 1.80 bits per heavy atom. The van der Waals surface area contributed by atoms with Crippen LogP contribution in [0.15, 0.2) is 12.4 Å². The Kier molecular flexibility index (Phi) is 6.78. The molecule has 0 aliphatic heterocycles. The van der Waals surface area contributed by atoms with Gasteiger partial charge in [-0.25, -0.2) is 23.2 Å². The number of rotatable bonds is 6. The van der Waals surface area contributed by atoms with Crippen LogP contribution >= 0.6 is 0 Å². The summed E-state index contributed by atoms with van der Waals surface area (Å²) in [7, 11) is 2.14. The number of methoxy groups -OCH3 is 2. The zero-order chi connectivity index (χ0) is 22.8. The Bertz CT molecular complexity index is 954. The zero-order valence-electron chi connectivity index (χ0n) is 16.4. The molecule has 2 aromatic heterocycles. The van der Waals surface area contributed by atoms with Crippen molar-refractivity contribution < 1.29 is 41.0 Å². The average Bonchev–Trinajstić information content (AvgIpc) is 3.13. The van der Waals surface area contributed by atoms with E-state index in [1.165, 1.54) is 7.11 Å². The largest absolute Gasteiger partial charge is 0.493 e. The minimum atomic E-state index is -5.26. The Labute approximate surface area is 167 Å². The summed E-state index contributed by atoms with van der Waals surface area (Å²) in [5.74, 6) is -2.96. The quantitative estimate of drug-likeness (QED) is 0.505. The Morgan fingerprint density at radius 3 is 2.23 bits per heavy atom. The highest BCUT2D eigenvalue weighted by Crippen LogP contribution is 2.38. The molecule has 0 spiro atoms. The van der Waals surface area contributed by atoms with E-state index in [2.05, 4.69) is 14.8 Å². The van der Waals surface area contributed by atoms with Crippen molar-refractivity contribution >= 4 is 11.9 Å². The second kappa shape index (κ2) is 8.76. The average molecular weight is 435 g/mol. The van der Waals surface area contributed by atoms with Gasteiger partial charge < -0.3 is 9.47 Å². The van der Waals surface area contributed by atoms with Gasteiger partial charge in [0.05, 0.1) is 37.7 Å². The minimum Gasteiger partial charge on any atom is -0.493 e. The van der Waals surface area contributed by atoms with Gasteiger partial charge in [-0.3, -0.25) is 4.79 Å². The molecule has 30 heavy (non-hydrogen) atoms. The number of alkyl halides is 5. The van der Waals surface area contributed by atoms with Crippen molar-refractivity contribution in [3.05, 3.63) is 40.5 Å². The summed E-state index contributed by atoms with van der Waals surface area (Å²) in [6.45, 7) is 3.17. The van der Waals surface area contributed by atoms with Crippen LogP contribution in [0.3, 0.4) is 0 Å². The van der Waals surface area contributed by atoms with Crippen molar-refractivity contribution in [2.45, 2.75) is 32.9 Å². The second-order valence-corrected chi connectivity index (χ2v) is 6.59. The van der Waals surface area contributed by atoms with Gasteiger partial charge in [-0.15, -0.1) is 0 Å². The molecule has 2 heterocycles. The monoisotopic (exact) mass is 435 g/mol. The van der Waals surface area contributed by atoms with E-state index in [9.17, 15) is 31.5 Å². The molecule has 0 N–H and O–H groups in total. The van der Waals surface area contributed by atoms with Crippen LogP contribution in [0.2, 0.25) is 0 Å². The van der Waals surface area contributed by atoms with Crippen molar-refractivity contribution in [1.29, 1.82) is 0 Å². The summed E-state index contributed by atoms with van der Waals surface area (Å²) in [4.78, 5) is 28.2. The minimum absolute atomic E-state index is 0.0765. The molecule has 0 bridgehead atoms. The molecule has 2 rings (SSSR count). The van der Waals surface area contributed by atoms with E-state index in [1.807, 2.05) is 0 Å². The maximum absolute atomic E-state index is 13.7. The zero-order valence-corrected chi connectivity index (χ0v) is 16.4. The summed E-state index contributed by atoms with van der Waals surface area (Å²) >= 11 is 0. The van der Waals surface area contributed by atoms with Crippen LogP contribution in [0.25, 0.3) is 0 Å². The van der Waals surface area contributed by atoms with Crippen LogP contribution in [-0.4, -0.2) is 40.9 Å². The SMILES string of the molecule is COC(=O)c1c(C(F)F)nc(C(F)(F)F)c(C(=O)n2cc(OC)cn2)c1CC(C)C. The molecule has 0 saturated carbocycles. The summed E-state index contributed by atoms with van der Waals surface area (Å²) in [6.07, 6.45) is -6.97. The number of esters is 1. The highest BCUT2D eigenvalue weighted by atomic mass is 19.4. The third-order valence-electron chi connectivity index (χ3n) is 4.02. The van der Waals surface area contributed by atoms with Crippen molar-refractivity contribution in [3.8, 4) is 5.75 Å². The second-order valence-electron chi connectivity index (χ2n) is 6.59. The van der Waals surface area contributed by atoms with Gasteiger partial charge in [0.2, 0.25) is 0 Å². The molecule has 12 heteroatoms. The lowest BCUT2D eigenvalue weighted by atomic mass is 9.90. The predicted molar refractivity (Wildman–Crippen MR) is 92.6 cm³/mol. The fourth-order valence-electron chi connectivity index (χ4n) is 2.83. The first-order chi connectivity index (χ1) is 13.9. The number of pyridine rings is 1. The molecule has 0 fully saturated rings. The normalized spacial score (nSPS) is 11.8. The van der Waals surface area contributed by atoms with Gasteiger partial charge in [0.15, 0.2) is 11.4 Å². The van der Waals surface area contributed by atoms with Crippen molar-refractivity contribution in [2.75, 3.05) is 14.2 Å². The van der Waals surface area contributed by atoms with Crippen molar-refractivity contribution in [2.24, 2.45) is 5.92 Å². The maximum atomic E-state index is 13.7. The fourth-order valence-corrected chi connectivity index (χ4v) is 2.83. The van der Waals surface area contributed by atoms with Gasteiger partial charge >= 0.3 is 12.1 Å². The van der Waals surface area contributed by atoms with E-state index in [4.69, 9.17) is 4.74 Å². The van der Waals surface area contributed by atoms with E-state index >= 15 is 0 Å². The molecular formula is C18H18F5N3O4. The van der Waals surface area contributed by atoms with Crippen LogP contribution in [-0.2, 0) is 17.3 Å². The van der Waals surface area contributed by atoms with Crippen LogP contribution in [0, 0.1) is 5.92 Å². The van der Waals surface area contributed by atoms with Crippen LogP contribution in [0.1, 0.15) is 57.9 Å². The molecule has 0 radical (unpaired) electrons. The van der Waals surface area contributed by atoms with Crippen molar-refractivity contribution in [1.82, 2.24) is 14.8 Å². The summed E-state index contributed by atoms with van der Waals surface area (Å²) < 4.78 is 78.2. The Hall–Kier alpha value is -3.05. The van der Waals surface area contributed by atoms with Gasteiger partial charge in [-0.2, -0.15) is 18.3 Å². The number of carbonyl (C=O) groups is 2. The lowest BCUT2D eigenvalue weighted by Crippen LogP contribution is -2.27. The number of aromatic nitrogens is 3. The van der Waals surface area contributed by atoms with Gasteiger partial charge in [-0.1, -0.05) is 13.8 Å². The third kappa shape index (κ3) is 4.57. The lowest BCUT2D eigenvalue weighted by molar-refractivity contribution is -0.141. The van der Waals surface area contributed by atoms with E-state index in [-0.39, 0.29) is 12.2 Å². The maximum Gasteiger partial charge on any atom is 0.434 e. The molecule has 0 atom stereocenters. The molecular weight excluding hydrogens is 417 g/mol. The Morgan fingerprint density at radius 1 is 1.17 bits per heavy atom. The molecule has 164 valence electrons. The highest BCUT2D eigenvalue weighted by Gasteiger charge is 2.43. The van der Waals surface area contributed by atoms with Gasteiger partial charge in [-0.05, 0) is 17.9 Å². The molecule has 2 aromatic rings. The van der Waals surface area contributed by atoms with Gasteiger partial charge in [0.1, 0.15) is 5.69 Å².